The Morgan fingerprint density at radius 2 is 1.90 bits per heavy atom. The molecule has 0 amide bonds. The van der Waals surface area contributed by atoms with E-state index in [9.17, 15) is 8.42 Å². The zero-order valence-corrected chi connectivity index (χ0v) is 13.1. The summed E-state index contributed by atoms with van der Waals surface area (Å²) in [6, 6.07) is 2.92. The van der Waals surface area contributed by atoms with Crippen molar-refractivity contribution in [2.45, 2.75) is 37.7 Å². The third kappa shape index (κ3) is 4.36. The number of ether oxygens (including phenoxy) is 2. The maximum Gasteiger partial charge on any atom is 0.238 e. The van der Waals surface area contributed by atoms with Gasteiger partial charge >= 0.3 is 0 Å². The first-order valence-electron chi connectivity index (χ1n) is 6.18. The topological polar surface area (TPSA) is 105 Å². The Morgan fingerprint density at radius 1 is 1.30 bits per heavy atom. The van der Waals surface area contributed by atoms with Crippen molar-refractivity contribution in [2.24, 2.45) is 5.14 Å². The van der Waals surface area contributed by atoms with Crippen LogP contribution in [0.3, 0.4) is 0 Å². The highest BCUT2D eigenvalue weighted by Crippen LogP contribution is 2.28. The fourth-order valence-corrected chi connectivity index (χ4v) is 2.46. The summed E-state index contributed by atoms with van der Waals surface area (Å²) < 4.78 is 33.9. The Kier molecular flexibility index (Phi) is 5.01. The van der Waals surface area contributed by atoms with Crippen LogP contribution >= 0.6 is 0 Å². The average molecular weight is 302 g/mol. The van der Waals surface area contributed by atoms with Crippen molar-refractivity contribution in [1.82, 2.24) is 0 Å². The molecule has 114 valence electrons. The number of anilines is 1. The molecule has 4 N–H and O–H groups in total. The maximum atomic E-state index is 11.5. The maximum absolute atomic E-state index is 11.5. The lowest BCUT2D eigenvalue weighted by atomic mass is 10.1. The molecule has 0 aliphatic rings. The van der Waals surface area contributed by atoms with E-state index in [1.165, 1.54) is 6.07 Å². The van der Waals surface area contributed by atoms with Gasteiger partial charge in [0.05, 0.1) is 17.1 Å². The van der Waals surface area contributed by atoms with Gasteiger partial charge in [-0.1, -0.05) is 0 Å². The number of nitrogen functional groups attached to an aromatic ring is 1. The van der Waals surface area contributed by atoms with Gasteiger partial charge in [-0.25, -0.2) is 13.6 Å². The number of nitrogens with two attached hydrogens (primary N) is 2. The summed E-state index contributed by atoms with van der Waals surface area (Å²) in [6.07, 6.45) is 0.655. The van der Waals surface area contributed by atoms with Gasteiger partial charge in [-0.2, -0.15) is 0 Å². The van der Waals surface area contributed by atoms with Crippen molar-refractivity contribution < 1.29 is 17.9 Å². The smallest absolute Gasteiger partial charge is 0.238 e. The second-order valence-corrected chi connectivity index (χ2v) is 6.78. The first-order valence-corrected chi connectivity index (χ1v) is 7.72. The van der Waals surface area contributed by atoms with Crippen LogP contribution in [0.15, 0.2) is 17.0 Å². The molecule has 1 aromatic rings. The van der Waals surface area contributed by atoms with Gasteiger partial charge in [0.1, 0.15) is 5.75 Å². The molecule has 20 heavy (non-hydrogen) atoms. The Labute approximate surface area is 120 Å². The molecule has 1 rings (SSSR count). The molecule has 0 aliphatic carbocycles. The van der Waals surface area contributed by atoms with Gasteiger partial charge in [-0.05, 0) is 26.8 Å². The van der Waals surface area contributed by atoms with E-state index in [1.807, 2.05) is 13.8 Å². The molecule has 0 heterocycles. The molecule has 0 saturated heterocycles. The number of rotatable bonds is 6. The zero-order chi connectivity index (χ0) is 15.6. The molecule has 6 nitrogen and oxygen atoms in total. The van der Waals surface area contributed by atoms with E-state index < -0.39 is 10.0 Å². The summed E-state index contributed by atoms with van der Waals surface area (Å²) in [5.74, 6) is 0.418. The Balaban J connectivity index is 2.95. The Bertz CT molecular complexity index is 582. The Hall–Kier alpha value is -1.31. The van der Waals surface area contributed by atoms with E-state index in [1.54, 1.807) is 20.1 Å². The second kappa shape index (κ2) is 5.99. The molecule has 0 bridgehead atoms. The standard InChI is InChI=1S/C13H22N2O4S/c1-9-11(19-6-5-13(2,3)18-4)7-10(14)8-12(9)20(15,16)17/h7-8H,5-6,14H2,1-4H3,(H2,15,16,17). The number of methoxy groups -OCH3 is 1. The first kappa shape index (κ1) is 16.7. The second-order valence-electron chi connectivity index (χ2n) is 5.25. The van der Waals surface area contributed by atoms with Gasteiger partial charge in [-0.15, -0.1) is 0 Å². The molecule has 1 aromatic carbocycles. The van der Waals surface area contributed by atoms with Gasteiger partial charge < -0.3 is 15.2 Å². The summed E-state index contributed by atoms with van der Waals surface area (Å²) in [5, 5.41) is 5.16. The van der Waals surface area contributed by atoms with E-state index in [2.05, 4.69) is 0 Å². The molecule has 0 radical (unpaired) electrons. The van der Waals surface area contributed by atoms with Crippen LogP contribution in [0.4, 0.5) is 5.69 Å². The summed E-state index contributed by atoms with van der Waals surface area (Å²) in [7, 11) is -2.19. The molecule has 0 aromatic heterocycles. The normalized spacial score (nSPS) is 12.4. The van der Waals surface area contributed by atoms with Gasteiger partial charge in [0.15, 0.2) is 0 Å². The molecule has 0 unspecified atom stereocenters. The van der Waals surface area contributed by atoms with Gasteiger partial charge in [0.25, 0.3) is 0 Å². The summed E-state index contributed by atoms with van der Waals surface area (Å²) >= 11 is 0. The monoisotopic (exact) mass is 302 g/mol. The third-order valence-electron chi connectivity index (χ3n) is 3.16. The predicted octanol–water partition coefficient (Wildman–Crippen LogP) is 1.42. The van der Waals surface area contributed by atoms with Crippen LogP contribution in [-0.4, -0.2) is 27.7 Å². The van der Waals surface area contributed by atoms with Gasteiger partial charge in [0, 0.05) is 30.8 Å². The fraction of sp³-hybridized carbons (Fsp3) is 0.538. The minimum absolute atomic E-state index is 0.0153. The van der Waals surface area contributed by atoms with E-state index in [-0.39, 0.29) is 10.5 Å². The molecule has 0 saturated carbocycles. The van der Waals surface area contributed by atoms with E-state index >= 15 is 0 Å². The summed E-state index contributed by atoms with van der Waals surface area (Å²) in [5.41, 5.74) is 6.12. The molecule has 0 aliphatic heterocycles. The largest absolute Gasteiger partial charge is 0.493 e. The lowest BCUT2D eigenvalue weighted by Crippen LogP contribution is -2.25. The molecular formula is C13H22N2O4S. The highest BCUT2D eigenvalue weighted by atomic mass is 32.2. The minimum atomic E-state index is -3.82. The van der Waals surface area contributed by atoms with Gasteiger partial charge in [0.2, 0.25) is 10.0 Å². The van der Waals surface area contributed by atoms with Crippen molar-refractivity contribution in [2.75, 3.05) is 19.5 Å². The Morgan fingerprint density at radius 3 is 2.40 bits per heavy atom. The van der Waals surface area contributed by atoms with Crippen LogP contribution in [0.2, 0.25) is 0 Å². The van der Waals surface area contributed by atoms with E-state index in [0.29, 0.717) is 30.0 Å². The van der Waals surface area contributed by atoms with Crippen molar-refractivity contribution >= 4 is 15.7 Å². The summed E-state index contributed by atoms with van der Waals surface area (Å²) in [6.45, 7) is 5.90. The molecular weight excluding hydrogens is 280 g/mol. The van der Waals surface area contributed by atoms with Crippen LogP contribution in [0.5, 0.6) is 5.75 Å². The van der Waals surface area contributed by atoms with Crippen LogP contribution in [0, 0.1) is 6.92 Å². The number of sulfonamides is 1. The van der Waals surface area contributed by atoms with Crippen molar-refractivity contribution in [3.8, 4) is 5.75 Å². The fourth-order valence-electron chi connectivity index (χ4n) is 1.64. The van der Waals surface area contributed by atoms with Gasteiger partial charge in [-0.3, -0.25) is 0 Å². The molecule has 7 heteroatoms. The van der Waals surface area contributed by atoms with E-state index in [0.717, 1.165) is 0 Å². The quantitative estimate of drug-likeness (QED) is 0.773. The number of hydrogen-bond donors (Lipinski definition) is 2. The lowest BCUT2D eigenvalue weighted by Gasteiger charge is -2.23. The third-order valence-corrected chi connectivity index (χ3v) is 4.19. The van der Waals surface area contributed by atoms with Crippen molar-refractivity contribution in [3.05, 3.63) is 17.7 Å². The van der Waals surface area contributed by atoms with E-state index in [4.69, 9.17) is 20.3 Å². The van der Waals surface area contributed by atoms with Crippen molar-refractivity contribution in [3.63, 3.8) is 0 Å². The molecule has 0 spiro atoms. The highest BCUT2D eigenvalue weighted by molar-refractivity contribution is 7.89. The zero-order valence-electron chi connectivity index (χ0n) is 12.3. The highest BCUT2D eigenvalue weighted by Gasteiger charge is 2.19. The average Bonchev–Trinajstić information content (AvgIpc) is 2.31. The first-order chi connectivity index (χ1) is 9.07. The molecule has 0 fully saturated rings. The minimum Gasteiger partial charge on any atom is -0.493 e. The predicted molar refractivity (Wildman–Crippen MR) is 78.2 cm³/mol. The molecule has 0 atom stereocenters. The number of hydrogen-bond acceptors (Lipinski definition) is 5. The van der Waals surface area contributed by atoms with Crippen LogP contribution in [0.1, 0.15) is 25.8 Å². The number of primary sulfonamides is 1. The lowest BCUT2D eigenvalue weighted by molar-refractivity contribution is 0.00538. The number of benzene rings is 1. The SMILES string of the molecule is COC(C)(C)CCOc1cc(N)cc(S(N)(=O)=O)c1C. The van der Waals surface area contributed by atoms with Crippen molar-refractivity contribution in [1.29, 1.82) is 0 Å². The summed E-state index contributed by atoms with van der Waals surface area (Å²) in [4.78, 5) is -0.0153. The van der Waals surface area contributed by atoms with Crippen LogP contribution in [0.25, 0.3) is 0 Å². The van der Waals surface area contributed by atoms with Crippen LogP contribution < -0.4 is 15.6 Å². The van der Waals surface area contributed by atoms with Crippen LogP contribution in [-0.2, 0) is 14.8 Å².